The molecule has 0 saturated carbocycles. The Hall–Kier alpha value is -1.77. The van der Waals surface area contributed by atoms with Crippen molar-refractivity contribution in [3.63, 3.8) is 0 Å². The van der Waals surface area contributed by atoms with Gasteiger partial charge in [-0.15, -0.1) is 0 Å². The Balaban J connectivity index is 2.23. The van der Waals surface area contributed by atoms with Gasteiger partial charge in [-0.3, -0.25) is 0 Å². The molecule has 0 heterocycles. The molecular formula is C15H17NO5S2. The minimum Gasteiger partial charge on any atom is -0.302 e. The normalized spacial score (nSPS) is 13.8. The third kappa shape index (κ3) is 4.85. The first-order valence-corrected chi connectivity index (χ1v) is 10.4. The van der Waals surface area contributed by atoms with Gasteiger partial charge in [-0.05, 0) is 29.3 Å². The fourth-order valence-electron chi connectivity index (χ4n) is 2.10. The molecule has 0 radical (unpaired) electrons. The Labute approximate surface area is 135 Å². The molecule has 0 bridgehead atoms. The highest BCUT2D eigenvalue weighted by Gasteiger charge is 2.21. The van der Waals surface area contributed by atoms with Crippen molar-refractivity contribution in [2.45, 2.75) is 17.4 Å². The molecule has 2 rings (SSSR count). The molecule has 1 N–H and O–H groups in total. The third-order valence-corrected chi connectivity index (χ3v) is 5.77. The predicted octanol–water partition coefficient (Wildman–Crippen LogP) is 1.12. The first kappa shape index (κ1) is 17.6. The third-order valence-electron chi connectivity index (χ3n) is 3.30. The van der Waals surface area contributed by atoms with Crippen molar-refractivity contribution in [1.29, 1.82) is 0 Å². The molecule has 2 aromatic carbocycles. The molecular weight excluding hydrogens is 338 g/mol. The maximum Gasteiger partial charge on any atom is 0.241 e. The van der Waals surface area contributed by atoms with Crippen molar-refractivity contribution in [1.82, 2.24) is 4.72 Å². The van der Waals surface area contributed by atoms with Crippen LogP contribution in [0.5, 0.6) is 0 Å². The van der Waals surface area contributed by atoms with Crippen LogP contribution in [-0.4, -0.2) is 41.2 Å². The molecule has 0 fully saturated rings. The zero-order valence-electron chi connectivity index (χ0n) is 12.5. The van der Waals surface area contributed by atoms with Gasteiger partial charge in [0.05, 0.1) is 16.7 Å². The number of sulfonamides is 1. The molecule has 124 valence electrons. The van der Waals surface area contributed by atoms with Crippen molar-refractivity contribution in [3.05, 3.63) is 42.5 Å². The van der Waals surface area contributed by atoms with E-state index in [0.717, 1.165) is 17.0 Å². The summed E-state index contributed by atoms with van der Waals surface area (Å²) in [6.07, 6.45) is 1.34. The average Bonchev–Trinajstić information content (AvgIpc) is 2.50. The van der Waals surface area contributed by atoms with Crippen LogP contribution in [-0.2, 0) is 24.7 Å². The molecule has 1 atom stereocenters. The lowest BCUT2D eigenvalue weighted by Gasteiger charge is -2.13. The van der Waals surface area contributed by atoms with Gasteiger partial charge in [0.2, 0.25) is 10.0 Å². The number of aldehydes is 1. The fourth-order valence-corrected chi connectivity index (χ4v) is 4.02. The summed E-state index contributed by atoms with van der Waals surface area (Å²) in [5.74, 6) is -0.267. The Morgan fingerprint density at radius 3 is 2.30 bits per heavy atom. The van der Waals surface area contributed by atoms with Gasteiger partial charge in [0.15, 0.2) is 0 Å². The zero-order valence-corrected chi connectivity index (χ0v) is 14.1. The van der Waals surface area contributed by atoms with E-state index in [4.69, 9.17) is 0 Å². The van der Waals surface area contributed by atoms with Gasteiger partial charge in [-0.2, -0.15) is 0 Å². The molecule has 0 aliphatic heterocycles. The number of carbonyl (C=O) groups excluding carboxylic acids is 1. The summed E-state index contributed by atoms with van der Waals surface area (Å²) < 4.78 is 49.2. The molecule has 1 unspecified atom stereocenters. The number of benzene rings is 2. The lowest BCUT2D eigenvalue weighted by Crippen LogP contribution is -2.37. The first-order valence-electron chi connectivity index (χ1n) is 6.85. The Bertz CT molecular complexity index is 920. The maximum absolute atomic E-state index is 12.4. The van der Waals surface area contributed by atoms with Crippen LogP contribution in [0.3, 0.4) is 0 Å². The smallest absolute Gasteiger partial charge is 0.241 e. The summed E-state index contributed by atoms with van der Waals surface area (Å²) >= 11 is 0. The Morgan fingerprint density at radius 1 is 1.04 bits per heavy atom. The highest BCUT2D eigenvalue weighted by molar-refractivity contribution is 7.90. The number of fused-ring (bicyclic) bond motifs is 1. The van der Waals surface area contributed by atoms with Crippen LogP contribution in [0.15, 0.2) is 47.4 Å². The molecule has 0 spiro atoms. The lowest BCUT2D eigenvalue weighted by molar-refractivity contribution is -0.109. The predicted molar refractivity (Wildman–Crippen MR) is 88.4 cm³/mol. The number of nitrogens with one attached hydrogen (secondary N) is 1. The molecule has 0 aliphatic rings. The van der Waals surface area contributed by atoms with E-state index < -0.39 is 25.9 Å². The number of hydrogen-bond donors (Lipinski definition) is 1. The Morgan fingerprint density at radius 2 is 1.70 bits per heavy atom. The molecule has 0 aliphatic carbocycles. The van der Waals surface area contributed by atoms with Crippen LogP contribution in [0.4, 0.5) is 0 Å². The van der Waals surface area contributed by atoms with Gasteiger partial charge in [0.1, 0.15) is 16.1 Å². The van der Waals surface area contributed by atoms with Crippen molar-refractivity contribution in [2.75, 3.05) is 12.0 Å². The van der Waals surface area contributed by atoms with E-state index in [1.807, 2.05) is 12.1 Å². The SMILES string of the molecule is CS(=O)(=O)CCC(C=O)NS(=O)(=O)c1ccc2ccccc2c1. The summed E-state index contributed by atoms with van der Waals surface area (Å²) in [4.78, 5) is 11.1. The van der Waals surface area contributed by atoms with Crippen LogP contribution in [0.25, 0.3) is 10.8 Å². The number of sulfone groups is 1. The summed E-state index contributed by atoms with van der Waals surface area (Å²) in [6.45, 7) is 0. The minimum absolute atomic E-state index is 0.0300. The van der Waals surface area contributed by atoms with E-state index in [1.54, 1.807) is 18.2 Å². The summed E-state index contributed by atoms with van der Waals surface area (Å²) in [7, 11) is -7.18. The van der Waals surface area contributed by atoms with Gasteiger partial charge >= 0.3 is 0 Å². The van der Waals surface area contributed by atoms with Crippen LogP contribution in [0, 0.1) is 0 Å². The number of rotatable bonds is 7. The summed E-state index contributed by atoms with van der Waals surface area (Å²) in [5, 5.41) is 1.66. The fraction of sp³-hybridized carbons (Fsp3) is 0.267. The zero-order chi connectivity index (χ0) is 17.1. The van der Waals surface area contributed by atoms with Gasteiger partial charge in [-0.25, -0.2) is 21.6 Å². The minimum atomic E-state index is -3.91. The molecule has 8 heteroatoms. The lowest BCUT2D eigenvalue weighted by atomic mass is 10.1. The molecule has 0 saturated heterocycles. The maximum atomic E-state index is 12.4. The second-order valence-corrected chi connectivity index (χ2v) is 9.27. The molecule has 6 nitrogen and oxygen atoms in total. The van der Waals surface area contributed by atoms with Crippen molar-refractivity contribution in [2.24, 2.45) is 0 Å². The largest absolute Gasteiger partial charge is 0.302 e. The quantitative estimate of drug-likeness (QED) is 0.751. The molecule has 0 amide bonds. The van der Waals surface area contributed by atoms with E-state index in [9.17, 15) is 21.6 Å². The van der Waals surface area contributed by atoms with Gasteiger partial charge in [0, 0.05) is 6.26 Å². The molecule has 2 aromatic rings. The second kappa shape index (κ2) is 6.77. The first-order chi connectivity index (χ1) is 10.7. The topological polar surface area (TPSA) is 97.4 Å². The van der Waals surface area contributed by atoms with E-state index in [2.05, 4.69) is 4.72 Å². The summed E-state index contributed by atoms with van der Waals surface area (Å²) in [5.41, 5.74) is 0. The standard InChI is InChI=1S/C15H17NO5S2/c1-22(18,19)9-8-14(11-17)16-23(20,21)15-7-6-12-4-2-3-5-13(12)10-15/h2-7,10-11,14,16H,8-9H2,1H3. The monoisotopic (exact) mass is 355 g/mol. The average molecular weight is 355 g/mol. The molecule has 23 heavy (non-hydrogen) atoms. The molecule has 0 aromatic heterocycles. The van der Waals surface area contributed by atoms with Gasteiger partial charge in [-0.1, -0.05) is 30.3 Å². The highest BCUT2D eigenvalue weighted by atomic mass is 32.2. The Kier molecular flexibility index (Phi) is 5.18. The van der Waals surface area contributed by atoms with E-state index in [0.29, 0.717) is 6.29 Å². The second-order valence-electron chi connectivity index (χ2n) is 5.29. The summed E-state index contributed by atoms with van der Waals surface area (Å²) in [6, 6.07) is 10.8. The highest BCUT2D eigenvalue weighted by Crippen LogP contribution is 2.19. The van der Waals surface area contributed by atoms with Crippen molar-refractivity contribution >= 4 is 36.9 Å². The van der Waals surface area contributed by atoms with Crippen LogP contribution < -0.4 is 4.72 Å². The van der Waals surface area contributed by atoms with Gasteiger partial charge in [0.25, 0.3) is 0 Å². The van der Waals surface area contributed by atoms with Crippen LogP contribution in [0.1, 0.15) is 6.42 Å². The number of carbonyl (C=O) groups is 1. The van der Waals surface area contributed by atoms with Crippen LogP contribution in [0.2, 0.25) is 0 Å². The van der Waals surface area contributed by atoms with Crippen molar-refractivity contribution in [3.8, 4) is 0 Å². The van der Waals surface area contributed by atoms with E-state index in [-0.39, 0.29) is 17.1 Å². The van der Waals surface area contributed by atoms with Crippen LogP contribution >= 0.6 is 0 Å². The van der Waals surface area contributed by atoms with Crippen molar-refractivity contribution < 1.29 is 21.6 Å². The van der Waals surface area contributed by atoms with Gasteiger partial charge < -0.3 is 4.79 Å². The van der Waals surface area contributed by atoms with E-state index >= 15 is 0 Å². The van der Waals surface area contributed by atoms with E-state index in [1.165, 1.54) is 12.1 Å². The number of hydrogen-bond acceptors (Lipinski definition) is 5.